The molecule has 0 amide bonds. The second-order valence-corrected chi connectivity index (χ2v) is 7.70. The molecular formula is C18H14BrCl2NO3S. The highest BCUT2D eigenvalue weighted by Crippen LogP contribution is 2.28. The van der Waals surface area contributed by atoms with Gasteiger partial charge in [-0.05, 0) is 36.4 Å². The van der Waals surface area contributed by atoms with Gasteiger partial charge in [-0.15, -0.1) is 0 Å². The molecule has 1 aliphatic rings. The van der Waals surface area contributed by atoms with Gasteiger partial charge in [0.1, 0.15) is 10.7 Å². The Labute approximate surface area is 175 Å². The van der Waals surface area contributed by atoms with Gasteiger partial charge in [0.15, 0.2) is 0 Å². The monoisotopic (exact) mass is 473 g/mol. The lowest BCUT2D eigenvalue weighted by Crippen LogP contribution is -2.40. The number of hydrogen-bond acceptors (Lipinski definition) is 4. The third-order valence-electron chi connectivity index (χ3n) is 3.82. The van der Waals surface area contributed by atoms with E-state index in [1.165, 1.54) is 6.07 Å². The summed E-state index contributed by atoms with van der Waals surface area (Å²) in [6, 6.07) is 9.96. The summed E-state index contributed by atoms with van der Waals surface area (Å²) in [4.78, 5) is 15.2. The minimum absolute atomic E-state index is 0.199. The standard InChI is InChI=1S/C18H14BrCl2NO3S/c19-11-1-4-16(14(9-11)17(26)22-5-7-24-8-6-22)25-18(23)13-10-12(20)2-3-15(13)21/h1-4,9-10H,5-8H2. The second kappa shape index (κ2) is 8.67. The summed E-state index contributed by atoms with van der Waals surface area (Å²) in [5.41, 5.74) is 0.855. The van der Waals surface area contributed by atoms with Crippen LogP contribution in [0.5, 0.6) is 5.75 Å². The molecular weight excluding hydrogens is 461 g/mol. The van der Waals surface area contributed by atoms with Gasteiger partial charge in [0, 0.05) is 22.6 Å². The fourth-order valence-electron chi connectivity index (χ4n) is 2.50. The van der Waals surface area contributed by atoms with Crippen molar-refractivity contribution in [3.05, 3.63) is 62.0 Å². The summed E-state index contributed by atoms with van der Waals surface area (Å²) in [6.07, 6.45) is 0. The van der Waals surface area contributed by atoms with Crippen molar-refractivity contribution in [3.8, 4) is 5.75 Å². The second-order valence-electron chi connectivity index (χ2n) is 5.56. The van der Waals surface area contributed by atoms with Crippen LogP contribution in [0.4, 0.5) is 0 Å². The van der Waals surface area contributed by atoms with E-state index in [9.17, 15) is 4.79 Å². The molecule has 0 saturated carbocycles. The summed E-state index contributed by atoms with van der Waals surface area (Å²) in [5.74, 6) is -0.225. The van der Waals surface area contributed by atoms with Crippen LogP contribution in [-0.2, 0) is 4.74 Å². The van der Waals surface area contributed by atoms with Gasteiger partial charge >= 0.3 is 5.97 Å². The minimum Gasteiger partial charge on any atom is -0.422 e. The number of benzene rings is 2. The zero-order valence-corrected chi connectivity index (χ0v) is 17.4. The van der Waals surface area contributed by atoms with Crippen molar-refractivity contribution < 1.29 is 14.3 Å². The Morgan fingerprint density at radius 1 is 1.12 bits per heavy atom. The lowest BCUT2D eigenvalue weighted by atomic mass is 10.1. The fraction of sp³-hybridized carbons (Fsp3) is 0.222. The molecule has 136 valence electrons. The zero-order valence-electron chi connectivity index (χ0n) is 13.5. The highest BCUT2D eigenvalue weighted by atomic mass is 79.9. The number of esters is 1. The molecule has 0 unspecified atom stereocenters. The van der Waals surface area contributed by atoms with E-state index >= 15 is 0 Å². The normalized spacial score (nSPS) is 14.2. The van der Waals surface area contributed by atoms with Crippen LogP contribution in [0, 0.1) is 0 Å². The van der Waals surface area contributed by atoms with E-state index in [1.54, 1.807) is 24.3 Å². The van der Waals surface area contributed by atoms with Crippen LogP contribution in [0.2, 0.25) is 10.0 Å². The molecule has 0 aromatic heterocycles. The van der Waals surface area contributed by atoms with Gasteiger partial charge in [0.25, 0.3) is 0 Å². The quantitative estimate of drug-likeness (QED) is 0.356. The summed E-state index contributed by atoms with van der Waals surface area (Å²) in [6.45, 7) is 2.61. The number of morpholine rings is 1. The van der Waals surface area contributed by atoms with Gasteiger partial charge in [-0.25, -0.2) is 4.79 Å². The molecule has 2 aromatic carbocycles. The van der Waals surface area contributed by atoms with Crippen LogP contribution in [-0.4, -0.2) is 42.2 Å². The summed E-state index contributed by atoms with van der Waals surface area (Å²) < 4.78 is 11.8. The Bertz CT molecular complexity index is 856. The molecule has 0 N–H and O–H groups in total. The lowest BCUT2D eigenvalue weighted by molar-refractivity contribution is 0.0687. The van der Waals surface area contributed by atoms with E-state index in [-0.39, 0.29) is 10.6 Å². The summed E-state index contributed by atoms with van der Waals surface area (Å²) in [5, 5.41) is 0.676. The predicted octanol–water partition coefficient (Wildman–Crippen LogP) is 4.98. The smallest absolute Gasteiger partial charge is 0.345 e. The van der Waals surface area contributed by atoms with Gasteiger partial charge in [-0.2, -0.15) is 0 Å². The van der Waals surface area contributed by atoms with E-state index in [4.69, 9.17) is 44.9 Å². The average Bonchev–Trinajstić information content (AvgIpc) is 2.65. The van der Waals surface area contributed by atoms with Crippen molar-refractivity contribution in [1.29, 1.82) is 0 Å². The number of carbonyl (C=O) groups excluding carboxylic acids is 1. The molecule has 4 nitrogen and oxygen atoms in total. The van der Waals surface area contributed by atoms with E-state index in [0.29, 0.717) is 47.6 Å². The molecule has 3 rings (SSSR count). The maximum Gasteiger partial charge on any atom is 0.345 e. The Kier molecular flexibility index (Phi) is 6.53. The minimum atomic E-state index is -0.592. The lowest BCUT2D eigenvalue weighted by Gasteiger charge is -2.29. The molecule has 1 heterocycles. The number of thiocarbonyl (C=S) groups is 1. The largest absolute Gasteiger partial charge is 0.422 e. The van der Waals surface area contributed by atoms with Crippen molar-refractivity contribution in [2.24, 2.45) is 0 Å². The fourth-order valence-corrected chi connectivity index (χ4v) is 3.57. The van der Waals surface area contributed by atoms with Crippen molar-refractivity contribution in [1.82, 2.24) is 4.90 Å². The molecule has 8 heteroatoms. The Morgan fingerprint density at radius 2 is 1.85 bits per heavy atom. The average molecular weight is 475 g/mol. The van der Waals surface area contributed by atoms with Crippen LogP contribution in [0.1, 0.15) is 15.9 Å². The van der Waals surface area contributed by atoms with Crippen LogP contribution in [0.15, 0.2) is 40.9 Å². The molecule has 26 heavy (non-hydrogen) atoms. The SMILES string of the molecule is O=C(Oc1ccc(Br)cc1C(=S)N1CCOCC1)c1cc(Cl)ccc1Cl. The molecule has 0 aliphatic carbocycles. The highest BCUT2D eigenvalue weighted by molar-refractivity contribution is 9.10. The number of rotatable bonds is 3. The number of hydrogen-bond donors (Lipinski definition) is 0. The third kappa shape index (κ3) is 4.56. The van der Waals surface area contributed by atoms with Gasteiger partial charge in [0.2, 0.25) is 0 Å². The van der Waals surface area contributed by atoms with Gasteiger partial charge in [-0.1, -0.05) is 51.3 Å². The molecule has 1 saturated heterocycles. The number of nitrogens with zero attached hydrogens (tertiary/aromatic N) is 1. The first-order valence-electron chi connectivity index (χ1n) is 7.79. The Hall–Kier alpha value is -1.18. The first kappa shape index (κ1) is 19.6. The zero-order chi connectivity index (χ0) is 18.7. The molecule has 0 atom stereocenters. The number of ether oxygens (including phenoxy) is 2. The van der Waals surface area contributed by atoms with Gasteiger partial charge in [0.05, 0.1) is 29.4 Å². The van der Waals surface area contributed by atoms with E-state index in [2.05, 4.69) is 15.9 Å². The topological polar surface area (TPSA) is 38.8 Å². The molecule has 0 radical (unpaired) electrons. The van der Waals surface area contributed by atoms with Gasteiger partial charge < -0.3 is 14.4 Å². The highest BCUT2D eigenvalue weighted by Gasteiger charge is 2.21. The number of carbonyl (C=O) groups is 1. The molecule has 2 aromatic rings. The number of halogens is 3. The van der Waals surface area contributed by atoms with Crippen LogP contribution in [0.3, 0.4) is 0 Å². The summed E-state index contributed by atoms with van der Waals surface area (Å²) in [7, 11) is 0. The van der Waals surface area contributed by atoms with Crippen molar-refractivity contribution >= 4 is 62.3 Å². The van der Waals surface area contributed by atoms with Crippen LogP contribution < -0.4 is 4.74 Å². The van der Waals surface area contributed by atoms with Crippen molar-refractivity contribution in [2.45, 2.75) is 0 Å². The third-order valence-corrected chi connectivity index (χ3v) is 5.36. The maximum absolute atomic E-state index is 12.6. The predicted molar refractivity (Wildman–Crippen MR) is 110 cm³/mol. The molecule has 1 aliphatic heterocycles. The van der Waals surface area contributed by atoms with Crippen LogP contribution in [0.25, 0.3) is 0 Å². The maximum atomic E-state index is 12.6. The van der Waals surface area contributed by atoms with E-state index in [1.807, 2.05) is 11.0 Å². The van der Waals surface area contributed by atoms with Crippen molar-refractivity contribution in [3.63, 3.8) is 0 Å². The van der Waals surface area contributed by atoms with E-state index in [0.717, 1.165) is 4.47 Å². The van der Waals surface area contributed by atoms with Crippen molar-refractivity contribution in [2.75, 3.05) is 26.3 Å². The Morgan fingerprint density at radius 3 is 2.58 bits per heavy atom. The molecule has 0 spiro atoms. The van der Waals surface area contributed by atoms with Crippen LogP contribution >= 0.6 is 51.3 Å². The first-order chi connectivity index (χ1) is 12.5. The Balaban J connectivity index is 1.89. The van der Waals surface area contributed by atoms with Gasteiger partial charge in [-0.3, -0.25) is 0 Å². The first-order valence-corrected chi connectivity index (χ1v) is 9.75. The molecule has 0 bridgehead atoms. The summed E-state index contributed by atoms with van der Waals surface area (Å²) >= 11 is 21.1. The van der Waals surface area contributed by atoms with E-state index < -0.39 is 5.97 Å². The molecule has 1 fully saturated rings.